The molecule has 0 saturated heterocycles. The van der Waals surface area contributed by atoms with E-state index in [1.165, 1.54) is 0 Å². The molecule has 0 bridgehead atoms. The Morgan fingerprint density at radius 2 is 1.83 bits per heavy atom. The number of fused-ring (bicyclic) bond motifs is 1. The van der Waals surface area contributed by atoms with E-state index in [4.69, 9.17) is 4.42 Å². The summed E-state index contributed by atoms with van der Waals surface area (Å²) in [5, 5.41) is 0. The number of imidazole rings is 1. The first kappa shape index (κ1) is 11.0. The second-order valence-electron chi connectivity index (χ2n) is 4.66. The Morgan fingerprint density at radius 1 is 1.06 bits per heavy atom. The van der Waals surface area contributed by atoms with Gasteiger partial charge >= 0.3 is 0 Å². The van der Waals surface area contributed by atoms with Crippen LogP contribution in [-0.2, 0) is 0 Å². The molecule has 0 aliphatic heterocycles. The van der Waals surface area contributed by atoms with Crippen molar-refractivity contribution in [3.05, 3.63) is 41.2 Å². The Labute approximate surface area is 105 Å². The minimum Gasteiger partial charge on any atom is -0.466 e. The van der Waals surface area contributed by atoms with Gasteiger partial charge in [0.1, 0.15) is 11.5 Å². The lowest BCUT2D eigenvalue weighted by Crippen LogP contribution is -1.94. The number of hydrogen-bond acceptors (Lipinski definition) is 3. The van der Waals surface area contributed by atoms with E-state index in [1.54, 1.807) is 0 Å². The van der Waals surface area contributed by atoms with Crippen molar-refractivity contribution in [2.45, 2.75) is 27.7 Å². The third-order valence-corrected chi connectivity index (χ3v) is 3.08. The Bertz CT molecular complexity index is 737. The van der Waals surface area contributed by atoms with Crippen molar-refractivity contribution in [2.24, 2.45) is 0 Å². The lowest BCUT2D eigenvalue weighted by molar-refractivity contribution is 0.505. The summed E-state index contributed by atoms with van der Waals surface area (Å²) in [6, 6.07) is 4.06. The number of furan rings is 1. The molecule has 0 atom stereocenters. The molecule has 0 aliphatic carbocycles. The Morgan fingerprint density at radius 3 is 2.50 bits per heavy atom. The lowest BCUT2D eigenvalue weighted by Gasteiger charge is -1.98. The fourth-order valence-corrected chi connectivity index (χ4v) is 2.29. The van der Waals surface area contributed by atoms with Crippen molar-refractivity contribution >= 4 is 5.78 Å². The number of aromatic nitrogens is 3. The van der Waals surface area contributed by atoms with Gasteiger partial charge in [-0.2, -0.15) is 0 Å². The molecule has 0 spiro atoms. The van der Waals surface area contributed by atoms with Gasteiger partial charge in [0, 0.05) is 23.1 Å². The third-order valence-electron chi connectivity index (χ3n) is 3.08. The first-order valence-electron chi connectivity index (χ1n) is 5.95. The number of hydrogen-bond donors (Lipinski definition) is 0. The van der Waals surface area contributed by atoms with Gasteiger partial charge in [-0.25, -0.2) is 9.97 Å². The molecule has 0 aliphatic rings. The molecule has 18 heavy (non-hydrogen) atoms. The second-order valence-corrected chi connectivity index (χ2v) is 4.66. The largest absolute Gasteiger partial charge is 0.466 e. The molecule has 0 aromatic carbocycles. The quantitative estimate of drug-likeness (QED) is 0.657. The van der Waals surface area contributed by atoms with Crippen LogP contribution in [-0.4, -0.2) is 14.4 Å². The van der Waals surface area contributed by atoms with Crippen LogP contribution in [0.1, 0.15) is 22.9 Å². The van der Waals surface area contributed by atoms with Gasteiger partial charge in [-0.3, -0.25) is 4.40 Å². The lowest BCUT2D eigenvalue weighted by atomic mass is 10.2. The minimum absolute atomic E-state index is 0.737. The first-order valence-corrected chi connectivity index (χ1v) is 5.95. The summed E-state index contributed by atoms with van der Waals surface area (Å²) in [6.07, 6.45) is 2.01. The Balaban J connectivity index is 2.25. The van der Waals surface area contributed by atoms with Gasteiger partial charge in [0.2, 0.25) is 5.78 Å². The second kappa shape index (κ2) is 3.70. The van der Waals surface area contributed by atoms with Crippen molar-refractivity contribution in [3.8, 4) is 11.3 Å². The van der Waals surface area contributed by atoms with Gasteiger partial charge in [0.25, 0.3) is 0 Å². The van der Waals surface area contributed by atoms with Crippen LogP contribution >= 0.6 is 0 Å². The summed E-state index contributed by atoms with van der Waals surface area (Å²) < 4.78 is 7.55. The fraction of sp³-hybridized carbons (Fsp3) is 0.286. The molecule has 92 valence electrons. The molecule has 3 aromatic heterocycles. The first-order chi connectivity index (χ1) is 8.54. The zero-order chi connectivity index (χ0) is 12.9. The molecule has 0 amide bonds. The molecule has 3 heterocycles. The van der Waals surface area contributed by atoms with E-state index in [1.807, 2.05) is 43.5 Å². The zero-order valence-corrected chi connectivity index (χ0v) is 11.0. The Kier molecular flexibility index (Phi) is 2.26. The fourth-order valence-electron chi connectivity index (χ4n) is 2.29. The molecule has 0 radical (unpaired) electrons. The predicted octanol–water partition coefficient (Wildman–Crippen LogP) is 3.22. The van der Waals surface area contributed by atoms with E-state index < -0.39 is 0 Å². The van der Waals surface area contributed by atoms with Crippen molar-refractivity contribution in [3.63, 3.8) is 0 Å². The summed E-state index contributed by atoms with van der Waals surface area (Å²) in [5.41, 5.74) is 4.06. The molecule has 0 N–H and O–H groups in total. The Hall–Kier alpha value is -2.10. The average molecular weight is 241 g/mol. The van der Waals surface area contributed by atoms with Crippen molar-refractivity contribution < 1.29 is 4.42 Å². The molecular formula is C14H15N3O. The van der Waals surface area contributed by atoms with E-state index in [2.05, 4.69) is 16.9 Å². The van der Waals surface area contributed by atoms with E-state index in [0.717, 1.165) is 39.9 Å². The van der Waals surface area contributed by atoms with Crippen LogP contribution < -0.4 is 0 Å². The number of aryl methyl sites for hydroxylation is 4. The standard InChI is InChI=1S/C14H15N3O/c1-8-5-9(2)17-7-13(16-14(17)15-8)12-6-10(3)18-11(12)4/h5-7H,1-4H3. The highest BCUT2D eigenvalue weighted by Crippen LogP contribution is 2.26. The highest BCUT2D eigenvalue weighted by molar-refractivity contribution is 5.64. The molecular weight excluding hydrogens is 226 g/mol. The third kappa shape index (κ3) is 1.61. The molecule has 0 saturated carbocycles. The molecule has 3 rings (SSSR count). The maximum atomic E-state index is 5.55. The van der Waals surface area contributed by atoms with Crippen LogP contribution in [0.25, 0.3) is 17.0 Å². The highest BCUT2D eigenvalue weighted by atomic mass is 16.3. The average Bonchev–Trinajstić information content (AvgIpc) is 2.81. The van der Waals surface area contributed by atoms with E-state index in [0.29, 0.717) is 0 Å². The van der Waals surface area contributed by atoms with Crippen LogP contribution in [0.2, 0.25) is 0 Å². The van der Waals surface area contributed by atoms with Gasteiger partial charge in [-0.15, -0.1) is 0 Å². The molecule has 0 fully saturated rings. The van der Waals surface area contributed by atoms with Crippen LogP contribution in [0.5, 0.6) is 0 Å². The summed E-state index contributed by atoms with van der Waals surface area (Å²) >= 11 is 0. The maximum Gasteiger partial charge on any atom is 0.234 e. The smallest absolute Gasteiger partial charge is 0.234 e. The summed E-state index contributed by atoms with van der Waals surface area (Å²) in [7, 11) is 0. The van der Waals surface area contributed by atoms with E-state index >= 15 is 0 Å². The summed E-state index contributed by atoms with van der Waals surface area (Å²) in [6.45, 7) is 7.94. The summed E-state index contributed by atoms with van der Waals surface area (Å²) in [4.78, 5) is 9.01. The molecule has 3 aromatic rings. The van der Waals surface area contributed by atoms with Gasteiger partial charge in [0.15, 0.2) is 0 Å². The van der Waals surface area contributed by atoms with Crippen molar-refractivity contribution in [2.75, 3.05) is 0 Å². The van der Waals surface area contributed by atoms with E-state index in [-0.39, 0.29) is 0 Å². The molecule has 0 unspecified atom stereocenters. The van der Waals surface area contributed by atoms with E-state index in [9.17, 15) is 0 Å². The monoisotopic (exact) mass is 241 g/mol. The van der Waals surface area contributed by atoms with Gasteiger partial charge in [-0.05, 0) is 39.8 Å². The van der Waals surface area contributed by atoms with Crippen molar-refractivity contribution in [1.82, 2.24) is 14.4 Å². The highest BCUT2D eigenvalue weighted by Gasteiger charge is 2.12. The summed E-state index contributed by atoms with van der Waals surface area (Å²) in [5.74, 6) is 2.53. The van der Waals surface area contributed by atoms with Gasteiger partial charge in [0.05, 0.1) is 5.69 Å². The van der Waals surface area contributed by atoms with Crippen molar-refractivity contribution in [1.29, 1.82) is 0 Å². The van der Waals surface area contributed by atoms with Crippen LogP contribution in [0, 0.1) is 27.7 Å². The minimum atomic E-state index is 0.737. The van der Waals surface area contributed by atoms with Gasteiger partial charge in [-0.1, -0.05) is 0 Å². The SMILES string of the molecule is Cc1cc(C)n2cc(-c3cc(C)oc3C)nc2n1. The zero-order valence-electron chi connectivity index (χ0n) is 11.0. The maximum absolute atomic E-state index is 5.55. The van der Waals surface area contributed by atoms with Crippen LogP contribution in [0.4, 0.5) is 0 Å². The van der Waals surface area contributed by atoms with Crippen LogP contribution in [0.3, 0.4) is 0 Å². The molecule has 4 nitrogen and oxygen atoms in total. The van der Waals surface area contributed by atoms with Crippen LogP contribution in [0.15, 0.2) is 22.7 Å². The molecule has 4 heteroatoms. The number of rotatable bonds is 1. The normalized spacial score (nSPS) is 11.3. The topological polar surface area (TPSA) is 43.3 Å². The predicted molar refractivity (Wildman–Crippen MR) is 69.6 cm³/mol. The van der Waals surface area contributed by atoms with Gasteiger partial charge < -0.3 is 4.42 Å². The number of nitrogens with zero attached hydrogens (tertiary/aromatic N) is 3.